The Morgan fingerprint density at radius 3 is 2.46 bits per heavy atom. The van der Waals surface area contributed by atoms with Crippen molar-refractivity contribution in [3.8, 4) is 0 Å². The Labute approximate surface area is 209 Å². The largest absolute Gasteiger partial charge is 0.463 e. The SMILES string of the molecule is CS(=O)(=O)CCCCC1(C(=O)NC(Cc2ccccc2)C(=O)OCCN2CCOCC2)CCCC1. The first-order valence-corrected chi connectivity index (χ1v) is 14.8. The zero-order valence-electron chi connectivity index (χ0n) is 20.9. The number of ether oxygens (including phenoxy) is 2. The monoisotopic (exact) mass is 508 g/mol. The van der Waals surface area contributed by atoms with Crippen LogP contribution in [0, 0.1) is 5.41 Å². The third-order valence-corrected chi connectivity index (χ3v) is 8.12. The summed E-state index contributed by atoms with van der Waals surface area (Å²) in [4.78, 5) is 28.8. The summed E-state index contributed by atoms with van der Waals surface area (Å²) in [7, 11) is -3.01. The van der Waals surface area contributed by atoms with E-state index in [1.807, 2.05) is 30.3 Å². The molecule has 0 bridgehead atoms. The van der Waals surface area contributed by atoms with Crippen LogP contribution in [0.15, 0.2) is 30.3 Å². The first-order valence-electron chi connectivity index (χ1n) is 12.8. The predicted octanol–water partition coefficient (Wildman–Crippen LogP) is 2.36. The summed E-state index contributed by atoms with van der Waals surface area (Å²) >= 11 is 0. The Bertz CT molecular complexity index is 909. The fourth-order valence-corrected chi connectivity index (χ4v) is 5.75. The van der Waals surface area contributed by atoms with Gasteiger partial charge in [0.15, 0.2) is 0 Å². The number of sulfone groups is 1. The number of nitrogens with zero attached hydrogens (tertiary/aromatic N) is 1. The number of carbonyl (C=O) groups is 2. The molecule has 196 valence electrons. The van der Waals surface area contributed by atoms with Crippen LogP contribution in [0.3, 0.4) is 0 Å². The lowest BCUT2D eigenvalue weighted by Crippen LogP contribution is -2.49. The molecular weight excluding hydrogens is 468 g/mol. The molecule has 35 heavy (non-hydrogen) atoms. The first-order chi connectivity index (χ1) is 16.8. The fraction of sp³-hybridized carbons (Fsp3) is 0.692. The molecule has 2 aliphatic rings. The third-order valence-electron chi connectivity index (χ3n) is 7.09. The highest BCUT2D eigenvalue weighted by Gasteiger charge is 2.42. The maximum Gasteiger partial charge on any atom is 0.329 e. The topological polar surface area (TPSA) is 102 Å². The Balaban J connectivity index is 1.61. The van der Waals surface area contributed by atoms with Gasteiger partial charge in [-0.15, -0.1) is 0 Å². The molecule has 0 radical (unpaired) electrons. The lowest BCUT2D eigenvalue weighted by Gasteiger charge is -2.30. The summed E-state index contributed by atoms with van der Waals surface area (Å²) in [6, 6.07) is 8.87. The van der Waals surface area contributed by atoms with E-state index in [9.17, 15) is 18.0 Å². The van der Waals surface area contributed by atoms with Crippen LogP contribution in [-0.2, 0) is 35.3 Å². The molecule has 1 aromatic carbocycles. The summed E-state index contributed by atoms with van der Waals surface area (Å²) in [5, 5.41) is 3.03. The quantitative estimate of drug-likeness (QED) is 0.322. The van der Waals surface area contributed by atoms with E-state index in [1.54, 1.807) is 0 Å². The predicted molar refractivity (Wildman–Crippen MR) is 135 cm³/mol. The van der Waals surface area contributed by atoms with Gasteiger partial charge in [-0.25, -0.2) is 13.2 Å². The van der Waals surface area contributed by atoms with Crippen molar-refractivity contribution in [2.24, 2.45) is 5.41 Å². The molecule has 1 atom stereocenters. The number of hydrogen-bond acceptors (Lipinski definition) is 7. The number of nitrogens with one attached hydrogen (secondary N) is 1. The van der Waals surface area contributed by atoms with Crippen LogP contribution in [-0.4, -0.2) is 82.7 Å². The third kappa shape index (κ3) is 9.20. The number of benzene rings is 1. The normalized spacial score (nSPS) is 19.2. The van der Waals surface area contributed by atoms with Gasteiger partial charge in [-0.05, 0) is 31.2 Å². The number of morpholine rings is 1. The van der Waals surface area contributed by atoms with E-state index in [4.69, 9.17) is 9.47 Å². The molecule has 1 heterocycles. The fourth-order valence-electron chi connectivity index (χ4n) is 5.03. The van der Waals surface area contributed by atoms with Crippen LogP contribution in [0.5, 0.6) is 0 Å². The second kappa shape index (κ2) is 13.4. The summed E-state index contributed by atoms with van der Waals surface area (Å²) in [5.74, 6) is -0.391. The van der Waals surface area contributed by atoms with Crippen LogP contribution in [0.25, 0.3) is 0 Å². The van der Waals surface area contributed by atoms with Crippen molar-refractivity contribution in [1.29, 1.82) is 0 Å². The van der Waals surface area contributed by atoms with Crippen molar-refractivity contribution in [2.75, 3.05) is 51.5 Å². The van der Waals surface area contributed by atoms with E-state index in [2.05, 4.69) is 10.2 Å². The molecule has 8 nitrogen and oxygen atoms in total. The molecule has 1 aliphatic heterocycles. The van der Waals surface area contributed by atoms with E-state index in [1.165, 1.54) is 6.26 Å². The minimum atomic E-state index is -3.01. The van der Waals surface area contributed by atoms with Crippen LogP contribution >= 0.6 is 0 Å². The maximum atomic E-state index is 13.5. The second-order valence-electron chi connectivity index (χ2n) is 9.91. The van der Waals surface area contributed by atoms with Gasteiger partial charge in [0.25, 0.3) is 0 Å². The minimum Gasteiger partial charge on any atom is -0.463 e. The van der Waals surface area contributed by atoms with Gasteiger partial charge in [0.1, 0.15) is 22.5 Å². The van der Waals surface area contributed by atoms with E-state index >= 15 is 0 Å². The zero-order chi connectivity index (χ0) is 25.2. The van der Waals surface area contributed by atoms with Crippen molar-refractivity contribution >= 4 is 21.7 Å². The molecule has 2 fully saturated rings. The summed E-state index contributed by atoms with van der Waals surface area (Å²) in [6.45, 7) is 3.94. The number of carbonyl (C=O) groups excluding carboxylic acids is 2. The van der Waals surface area contributed by atoms with Crippen molar-refractivity contribution in [3.63, 3.8) is 0 Å². The number of esters is 1. The highest BCUT2D eigenvalue weighted by atomic mass is 32.2. The lowest BCUT2D eigenvalue weighted by molar-refractivity contribution is -0.150. The molecule has 9 heteroatoms. The van der Waals surface area contributed by atoms with Crippen LogP contribution in [0.2, 0.25) is 0 Å². The van der Waals surface area contributed by atoms with Crippen LogP contribution < -0.4 is 5.32 Å². The molecule has 1 amide bonds. The Kier molecular flexibility index (Phi) is 10.5. The number of amides is 1. The highest BCUT2D eigenvalue weighted by molar-refractivity contribution is 7.90. The summed E-state index contributed by atoms with van der Waals surface area (Å²) in [5.41, 5.74) is 0.414. The highest BCUT2D eigenvalue weighted by Crippen LogP contribution is 2.42. The van der Waals surface area contributed by atoms with Crippen LogP contribution in [0.4, 0.5) is 0 Å². The molecule has 1 saturated carbocycles. The molecule has 0 spiro atoms. The summed E-state index contributed by atoms with van der Waals surface area (Å²) < 4.78 is 33.9. The molecule has 1 saturated heterocycles. The molecule has 3 rings (SSSR count). The van der Waals surface area contributed by atoms with Gasteiger partial charge in [-0.2, -0.15) is 0 Å². The lowest BCUT2D eigenvalue weighted by atomic mass is 9.80. The minimum absolute atomic E-state index is 0.111. The molecule has 0 aromatic heterocycles. The summed E-state index contributed by atoms with van der Waals surface area (Å²) in [6.07, 6.45) is 6.93. The smallest absolute Gasteiger partial charge is 0.329 e. The van der Waals surface area contributed by atoms with Gasteiger partial charge in [-0.3, -0.25) is 9.69 Å². The van der Waals surface area contributed by atoms with Gasteiger partial charge in [0, 0.05) is 43.5 Å². The Morgan fingerprint density at radius 2 is 1.80 bits per heavy atom. The average Bonchev–Trinajstić information content (AvgIpc) is 3.32. The zero-order valence-corrected chi connectivity index (χ0v) is 21.7. The Morgan fingerprint density at radius 1 is 1.11 bits per heavy atom. The average molecular weight is 509 g/mol. The van der Waals surface area contributed by atoms with Gasteiger partial charge >= 0.3 is 5.97 Å². The second-order valence-corrected chi connectivity index (χ2v) is 12.2. The van der Waals surface area contributed by atoms with Gasteiger partial charge in [0.2, 0.25) is 5.91 Å². The van der Waals surface area contributed by atoms with Crippen molar-refractivity contribution < 1.29 is 27.5 Å². The number of hydrogen-bond donors (Lipinski definition) is 1. The molecule has 1 aliphatic carbocycles. The van der Waals surface area contributed by atoms with Gasteiger partial charge < -0.3 is 14.8 Å². The van der Waals surface area contributed by atoms with E-state index in [0.29, 0.717) is 45.4 Å². The van der Waals surface area contributed by atoms with Crippen molar-refractivity contribution in [2.45, 2.75) is 57.4 Å². The standard InChI is InChI=1S/C26H40N2O6S/c1-35(31,32)20-8-7-13-26(11-5-6-12-26)25(30)27-23(21-22-9-3-2-4-10-22)24(29)34-19-16-28-14-17-33-18-15-28/h2-4,9-10,23H,5-8,11-21H2,1H3,(H,27,30). The van der Waals surface area contributed by atoms with E-state index in [-0.39, 0.29) is 18.3 Å². The molecule has 1 aromatic rings. The molecular formula is C26H40N2O6S. The molecule has 1 unspecified atom stereocenters. The number of unbranched alkanes of at least 4 members (excludes halogenated alkanes) is 1. The van der Waals surface area contributed by atoms with E-state index in [0.717, 1.165) is 44.3 Å². The van der Waals surface area contributed by atoms with Crippen LogP contribution in [0.1, 0.15) is 50.5 Å². The Hall–Kier alpha value is -1.97. The van der Waals surface area contributed by atoms with Gasteiger partial charge in [-0.1, -0.05) is 49.6 Å². The van der Waals surface area contributed by atoms with Gasteiger partial charge in [0.05, 0.1) is 13.2 Å². The number of rotatable bonds is 13. The van der Waals surface area contributed by atoms with Crippen molar-refractivity contribution in [3.05, 3.63) is 35.9 Å². The first kappa shape index (κ1) is 27.6. The van der Waals surface area contributed by atoms with Crippen molar-refractivity contribution in [1.82, 2.24) is 10.2 Å². The molecule has 1 N–H and O–H groups in total. The van der Waals surface area contributed by atoms with E-state index < -0.39 is 27.3 Å². The maximum absolute atomic E-state index is 13.5.